The standard InChI is InChI=1S/C10H15N3/c1-13-8-7-11-10(13)12-9-5-3-2-4-6-9/h2-3,7-9H,4-6H2,1H3,(H,11,12). The minimum absolute atomic E-state index is 0.561. The van der Waals surface area contributed by atoms with Gasteiger partial charge in [-0.25, -0.2) is 4.98 Å². The second kappa shape index (κ2) is 3.64. The van der Waals surface area contributed by atoms with Crippen molar-refractivity contribution >= 4 is 5.95 Å². The molecule has 0 spiro atoms. The van der Waals surface area contributed by atoms with Crippen LogP contribution in [0.4, 0.5) is 5.95 Å². The first-order chi connectivity index (χ1) is 6.36. The molecule has 1 N–H and O–H groups in total. The van der Waals surface area contributed by atoms with Crippen LogP contribution in [0.25, 0.3) is 0 Å². The Hall–Kier alpha value is -1.25. The largest absolute Gasteiger partial charge is 0.353 e. The molecule has 2 rings (SSSR count). The molecule has 70 valence electrons. The molecule has 0 amide bonds. The monoisotopic (exact) mass is 177 g/mol. The van der Waals surface area contributed by atoms with Crippen molar-refractivity contribution in [3.05, 3.63) is 24.5 Å². The van der Waals surface area contributed by atoms with Crippen molar-refractivity contribution in [3.8, 4) is 0 Å². The van der Waals surface area contributed by atoms with Gasteiger partial charge in [0.25, 0.3) is 0 Å². The molecule has 0 aliphatic heterocycles. The predicted octanol–water partition coefficient (Wildman–Crippen LogP) is 1.94. The minimum atomic E-state index is 0.561. The fourth-order valence-electron chi connectivity index (χ4n) is 1.61. The van der Waals surface area contributed by atoms with Gasteiger partial charge in [0.15, 0.2) is 0 Å². The highest BCUT2D eigenvalue weighted by molar-refractivity contribution is 5.27. The van der Waals surface area contributed by atoms with Gasteiger partial charge in [-0.2, -0.15) is 0 Å². The molecular formula is C10H15N3. The number of rotatable bonds is 2. The van der Waals surface area contributed by atoms with Crippen molar-refractivity contribution in [1.82, 2.24) is 9.55 Å². The van der Waals surface area contributed by atoms with Crippen LogP contribution in [0, 0.1) is 0 Å². The van der Waals surface area contributed by atoms with Crippen molar-refractivity contribution in [2.75, 3.05) is 5.32 Å². The normalized spacial score (nSPS) is 21.8. The van der Waals surface area contributed by atoms with E-state index in [-0.39, 0.29) is 0 Å². The van der Waals surface area contributed by atoms with Crippen LogP contribution >= 0.6 is 0 Å². The molecule has 13 heavy (non-hydrogen) atoms. The lowest BCUT2D eigenvalue weighted by molar-refractivity contribution is 0.634. The summed E-state index contributed by atoms with van der Waals surface area (Å²) in [4.78, 5) is 4.24. The van der Waals surface area contributed by atoms with Gasteiger partial charge in [0.1, 0.15) is 0 Å². The topological polar surface area (TPSA) is 29.9 Å². The van der Waals surface area contributed by atoms with Crippen molar-refractivity contribution in [3.63, 3.8) is 0 Å². The summed E-state index contributed by atoms with van der Waals surface area (Å²) in [5.74, 6) is 0.973. The number of aromatic nitrogens is 2. The molecular weight excluding hydrogens is 162 g/mol. The van der Waals surface area contributed by atoms with E-state index in [0.717, 1.165) is 12.4 Å². The highest BCUT2D eigenvalue weighted by Gasteiger charge is 2.10. The van der Waals surface area contributed by atoms with Crippen LogP contribution < -0.4 is 5.32 Å². The third-order valence-electron chi connectivity index (χ3n) is 2.42. The van der Waals surface area contributed by atoms with Gasteiger partial charge in [-0.15, -0.1) is 0 Å². The van der Waals surface area contributed by atoms with Gasteiger partial charge in [-0.05, 0) is 19.3 Å². The fourth-order valence-corrected chi connectivity index (χ4v) is 1.61. The molecule has 0 fully saturated rings. The van der Waals surface area contributed by atoms with E-state index in [2.05, 4.69) is 22.5 Å². The Labute approximate surface area is 78.5 Å². The van der Waals surface area contributed by atoms with Crippen LogP contribution in [0.15, 0.2) is 24.5 Å². The fraction of sp³-hybridized carbons (Fsp3) is 0.500. The highest BCUT2D eigenvalue weighted by atomic mass is 15.2. The van der Waals surface area contributed by atoms with E-state index in [1.54, 1.807) is 0 Å². The highest BCUT2D eigenvalue weighted by Crippen LogP contribution is 2.15. The average Bonchev–Trinajstić information content (AvgIpc) is 2.54. The predicted molar refractivity (Wildman–Crippen MR) is 53.6 cm³/mol. The molecule has 0 saturated carbocycles. The summed E-state index contributed by atoms with van der Waals surface area (Å²) in [5, 5.41) is 3.43. The van der Waals surface area contributed by atoms with Gasteiger partial charge in [0.2, 0.25) is 5.95 Å². The molecule has 3 nitrogen and oxygen atoms in total. The lowest BCUT2D eigenvalue weighted by Gasteiger charge is -2.19. The maximum Gasteiger partial charge on any atom is 0.202 e. The van der Waals surface area contributed by atoms with Gasteiger partial charge in [0.05, 0.1) is 0 Å². The quantitative estimate of drug-likeness (QED) is 0.700. The lowest BCUT2D eigenvalue weighted by atomic mass is 10.0. The van der Waals surface area contributed by atoms with Gasteiger partial charge in [0, 0.05) is 25.5 Å². The number of hydrogen-bond donors (Lipinski definition) is 1. The number of aryl methyl sites for hydroxylation is 1. The van der Waals surface area contributed by atoms with E-state index in [1.165, 1.54) is 12.8 Å². The third-order valence-corrected chi connectivity index (χ3v) is 2.42. The minimum Gasteiger partial charge on any atom is -0.353 e. The van der Waals surface area contributed by atoms with Gasteiger partial charge >= 0.3 is 0 Å². The number of imidazole rings is 1. The van der Waals surface area contributed by atoms with Crippen LogP contribution in [-0.4, -0.2) is 15.6 Å². The van der Waals surface area contributed by atoms with Crippen molar-refractivity contribution in [2.24, 2.45) is 7.05 Å². The van der Waals surface area contributed by atoms with Gasteiger partial charge in [-0.3, -0.25) is 0 Å². The van der Waals surface area contributed by atoms with Gasteiger partial charge < -0.3 is 9.88 Å². The average molecular weight is 177 g/mol. The summed E-state index contributed by atoms with van der Waals surface area (Å²) in [6.07, 6.45) is 11.8. The molecule has 0 bridgehead atoms. The summed E-state index contributed by atoms with van der Waals surface area (Å²) in [6, 6.07) is 0.561. The Morgan fingerprint density at radius 2 is 2.46 bits per heavy atom. The second-order valence-electron chi connectivity index (χ2n) is 3.49. The molecule has 3 heteroatoms. The molecule has 1 aromatic heterocycles. The van der Waals surface area contributed by atoms with Crippen LogP contribution in [0.3, 0.4) is 0 Å². The zero-order valence-electron chi connectivity index (χ0n) is 7.90. The SMILES string of the molecule is Cn1ccnc1NC1CC=CCC1. The molecule has 1 aliphatic carbocycles. The molecule has 0 radical (unpaired) electrons. The lowest BCUT2D eigenvalue weighted by Crippen LogP contribution is -2.22. The number of nitrogens with zero attached hydrogens (tertiary/aromatic N) is 2. The van der Waals surface area contributed by atoms with Crippen molar-refractivity contribution in [1.29, 1.82) is 0 Å². The first-order valence-electron chi connectivity index (χ1n) is 4.75. The molecule has 0 saturated heterocycles. The van der Waals surface area contributed by atoms with Gasteiger partial charge in [-0.1, -0.05) is 12.2 Å². The number of hydrogen-bond acceptors (Lipinski definition) is 2. The summed E-state index contributed by atoms with van der Waals surface area (Å²) >= 11 is 0. The number of nitrogens with one attached hydrogen (secondary N) is 1. The Morgan fingerprint density at radius 3 is 3.08 bits per heavy atom. The molecule has 1 unspecified atom stereocenters. The Morgan fingerprint density at radius 1 is 1.54 bits per heavy atom. The van der Waals surface area contributed by atoms with E-state index < -0.39 is 0 Å². The summed E-state index contributed by atoms with van der Waals surface area (Å²) in [5.41, 5.74) is 0. The maximum absolute atomic E-state index is 4.24. The summed E-state index contributed by atoms with van der Waals surface area (Å²) < 4.78 is 2.01. The molecule has 1 heterocycles. The van der Waals surface area contributed by atoms with Crippen LogP contribution in [0.2, 0.25) is 0 Å². The zero-order valence-corrected chi connectivity index (χ0v) is 7.90. The van der Waals surface area contributed by atoms with E-state index in [1.807, 2.05) is 24.0 Å². The first kappa shape index (κ1) is 8.35. The Balaban J connectivity index is 1.98. The summed E-state index contributed by atoms with van der Waals surface area (Å²) in [6.45, 7) is 0. The van der Waals surface area contributed by atoms with Crippen LogP contribution in [0.5, 0.6) is 0 Å². The second-order valence-corrected chi connectivity index (χ2v) is 3.49. The summed E-state index contributed by atoms with van der Waals surface area (Å²) in [7, 11) is 2.01. The smallest absolute Gasteiger partial charge is 0.202 e. The van der Waals surface area contributed by atoms with E-state index >= 15 is 0 Å². The van der Waals surface area contributed by atoms with Crippen LogP contribution in [0.1, 0.15) is 19.3 Å². The number of allylic oxidation sites excluding steroid dienone is 1. The molecule has 1 atom stereocenters. The first-order valence-corrected chi connectivity index (χ1v) is 4.75. The Kier molecular flexibility index (Phi) is 2.34. The third kappa shape index (κ3) is 1.91. The Bertz CT molecular complexity index is 301. The molecule has 1 aromatic rings. The van der Waals surface area contributed by atoms with E-state index in [0.29, 0.717) is 6.04 Å². The maximum atomic E-state index is 4.24. The van der Waals surface area contributed by atoms with Crippen molar-refractivity contribution in [2.45, 2.75) is 25.3 Å². The van der Waals surface area contributed by atoms with E-state index in [4.69, 9.17) is 0 Å². The van der Waals surface area contributed by atoms with Crippen molar-refractivity contribution < 1.29 is 0 Å². The number of anilines is 1. The molecule has 0 aromatic carbocycles. The zero-order chi connectivity index (χ0) is 9.10. The van der Waals surface area contributed by atoms with E-state index in [9.17, 15) is 0 Å². The van der Waals surface area contributed by atoms with Crippen LogP contribution in [-0.2, 0) is 7.05 Å². The molecule has 1 aliphatic rings.